The fourth-order valence-electron chi connectivity index (χ4n) is 2.56. The summed E-state index contributed by atoms with van der Waals surface area (Å²) in [7, 11) is 0. The van der Waals surface area contributed by atoms with Crippen LogP contribution < -0.4 is 10.6 Å². The molecule has 0 aliphatic rings. The number of thioether (sulfide) groups is 1. The molecule has 4 aromatic rings. The number of carbonyl (C=O) groups excluding carboxylic acids is 1. The minimum atomic E-state index is -0.305. The lowest BCUT2D eigenvalue weighted by atomic mass is 10.2. The SMILES string of the molecule is CC(Sc1nnc(NCCc2cccs2)s1)C(=O)Nc1nc(-c2ccccc2)cs1. The second-order valence-corrected chi connectivity index (χ2v) is 10.7. The summed E-state index contributed by atoms with van der Waals surface area (Å²) in [5.41, 5.74) is 1.89. The summed E-state index contributed by atoms with van der Waals surface area (Å²) < 4.78 is 0.764. The van der Waals surface area contributed by atoms with Gasteiger partial charge in [-0.15, -0.1) is 32.9 Å². The second kappa shape index (κ2) is 10.2. The Bertz CT molecular complexity index is 1080. The van der Waals surface area contributed by atoms with Gasteiger partial charge >= 0.3 is 0 Å². The molecule has 10 heteroatoms. The van der Waals surface area contributed by atoms with E-state index in [9.17, 15) is 4.79 Å². The fourth-order valence-corrected chi connectivity index (χ4v) is 5.91. The Morgan fingerprint density at radius 2 is 1.97 bits per heavy atom. The first-order chi connectivity index (χ1) is 14.7. The average Bonchev–Trinajstić information content (AvgIpc) is 3.51. The number of aromatic nitrogens is 3. The smallest absolute Gasteiger partial charge is 0.239 e. The summed E-state index contributed by atoms with van der Waals surface area (Å²) in [5, 5.41) is 19.6. The van der Waals surface area contributed by atoms with Crippen LogP contribution in [0.2, 0.25) is 0 Å². The standard InChI is InChI=1S/C20H19N5OS4/c1-13(17(26)23-19-22-16(12-28-19)14-6-3-2-4-7-14)29-20-25-24-18(30-20)21-10-9-15-8-5-11-27-15/h2-8,11-13H,9-10H2,1H3,(H,21,24)(H,22,23,26). The van der Waals surface area contributed by atoms with Gasteiger partial charge in [-0.2, -0.15) is 0 Å². The first kappa shape index (κ1) is 21.0. The highest BCUT2D eigenvalue weighted by Gasteiger charge is 2.18. The molecule has 0 bridgehead atoms. The molecule has 0 radical (unpaired) electrons. The van der Waals surface area contributed by atoms with E-state index >= 15 is 0 Å². The summed E-state index contributed by atoms with van der Waals surface area (Å²) in [5.74, 6) is -0.101. The molecule has 1 atom stereocenters. The highest BCUT2D eigenvalue weighted by atomic mass is 32.2. The maximum Gasteiger partial charge on any atom is 0.239 e. The molecule has 4 rings (SSSR count). The van der Waals surface area contributed by atoms with Crippen LogP contribution in [-0.2, 0) is 11.2 Å². The van der Waals surface area contributed by atoms with Crippen molar-refractivity contribution in [2.24, 2.45) is 0 Å². The number of thiazole rings is 1. The van der Waals surface area contributed by atoms with Crippen LogP contribution in [-0.4, -0.2) is 32.9 Å². The number of hydrogen-bond donors (Lipinski definition) is 2. The van der Waals surface area contributed by atoms with Crippen LogP contribution in [0.1, 0.15) is 11.8 Å². The molecule has 0 spiro atoms. The van der Waals surface area contributed by atoms with Gasteiger partial charge in [0.25, 0.3) is 0 Å². The van der Waals surface area contributed by atoms with Crippen LogP contribution in [0.25, 0.3) is 11.3 Å². The first-order valence-corrected chi connectivity index (χ1v) is 12.7. The molecule has 6 nitrogen and oxygen atoms in total. The molecule has 0 saturated carbocycles. The minimum Gasteiger partial charge on any atom is -0.360 e. The predicted molar refractivity (Wildman–Crippen MR) is 128 cm³/mol. The van der Waals surface area contributed by atoms with Gasteiger partial charge < -0.3 is 10.6 Å². The molecule has 0 aliphatic carbocycles. The second-order valence-electron chi connectivity index (χ2n) is 6.28. The van der Waals surface area contributed by atoms with Crippen molar-refractivity contribution in [2.45, 2.75) is 22.9 Å². The Kier molecular flexibility index (Phi) is 7.11. The Morgan fingerprint density at radius 3 is 2.77 bits per heavy atom. The summed E-state index contributed by atoms with van der Waals surface area (Å²) in [6.45, 7) is 2.67. The molecule has 154 valence electrons. The molecule has 3 heterocycles. The van der Waals surface area contributed by atoms with E-state index in [0.29, 0.717) is 5.13 Å². The Balaban J connectivity index is 1.26. The molecule has 0 fully saturated rings. The lowest BCUT2D eigenvalue weighted by molar-refractivity contribution is -0.115. The van der Waals surface area contributed by atoms with Crippen LogP contribution in [0.15, 0.2) is 57.6 Å². The molecule has 1 aromatic carbocycles. The number of hydrogen-bond acceptors (Lipinski definition) is 9. The predicted octanol–water partition coefficient (Wildman–Crippen LogP) is 5.50. The van der Waals surface area contributed by atoms with Crippen LogP contribution in [0, 0.1) is 0 Å². The Labute approximate surface area is 190 Å². The van der Waals surface area contributed by atoms with Gasteiger partial charge in [0.05, 0.1) is 10.9 Å². The van der Waals surface area contributed by atoms with Crippen molar-refractivity contribution in [2.75, 3.05) is 17.2 Å². The van der Waals surface area contributed by atoms with E-state index in [1.165, 1.54) is 39.3 Å². The van der Waals surface area contributed by atoms with Crippen molar-refractivity contribution in [3.63, 3.8) is 0 Å². The zero-order valence-electron chi connectivity index (χ0n) is 16.1. The highest BCUT2D eigenvalue weighted by molar-refractivity contribution is 8.02. The number of nitrogens with one attached hydrogen (secondary N) is 2. The van der Waals surface area contributed by atoms with Crippen molar-refractivity contribution in [1.29, 1.82) is 0 Å². The van der Waals surface area contributed by atoms with Crippen LogP contribution in [0.4, 0.5) is 10.3 Å². The van der Waals surface area contributed by atoms with Crippen molar-refractivity contribution >= 4 is 61.9 Å². The molecule has 2 N–H and O–H groups in total. The largest absolute Gasteiger partial charge is 0.360 e. The molecular formula is C20H19N5OS4. The van der Waals surface area contributed by atoms with Gasteiger partial charge in [0.15, 0.2) is 9.47 Å². The lowest BCUT2D eigenvalue weighted by Crippen LogP contribution is -2.22. The van der Waals surface area contributed by atoms with E-state index in [2.05, 4.69) is 43.3 Å². The third-order valence-corrected chi connectivity index (χ3v) is 7.84. The number of carbonyl (C=O) groups is 1. The first-order valence-electron chi connectivity index (χ1n) is 9.25. The Morgan fingerprint density at radius 1 is 1.10 bits per heavy atom. The van der Waals surface area contributed by atoms with Gasteiger partial charge in [-0.3, -0.25) is 4.79 Å². The maximum absolute atomic E-state index is 12.5. The monoisotopic (exact) mass is 473 g/mol. The van der Waals surface area contributed by atoms with Crippen LogP contribution >= 0.6 is 45.8 Å². The minimum absolute atomic E-state index is 0.101. The molecule has 3 aromatic heterocycles. The third kappa shape index (κ3) is 5.66. The topological polar surface area (TPSA) is 79.8 Å². The summed E-state index contributed by atoms with van der Waals surface area (Å²) in [6.07, 6.45) is 0.956. The number of rotatable bonds is 9. The maximum atomic E-state index is 12.5. The molecule has 0 saturated heterocycles. The summed E-state index contributed by atoms with van der Waals surface area (Å²) in [6, 6.07) is 14.1. The normalized spacial score (nSPS) is 11.9. The van der Waals surface area contributed by atoms with E-state index in [0.717, 1.165) is 33.7 Å². The third-order valence-electron chi connectivity index (χ3n) is 4.08. The number of anilines is 2. The molecule has 1 unspecified atom stereocenters. The summed E-state index contributed by atoms with van der Waals surface area (Å²) >= 11 is 6.03. The number of nitrogens with zero attached hydrogens (tertiary/aromatic N) is 3. The average molecular weight is 474 g/mol. The van der Waals surface area contributed by atoms with Crippen LogP contribution in [0.3, 0.4) is 0 Å². The lowest BCUT2D eigenvalue weighted by Gasteiger charge is -2.07. The van der Waals surface area contributed by atoms with Gasteiger partial charge in [-0.05, 0) is 24.8 Å². The van der Waals surface area contributed by atoms with Crippen LogP contribution in [0.5, 0.6) is 0 Å². The quantitative estimate of drug-likeness (QED) is 0.313. The summed E-state index contributed by atoms with van der Waals surface area (Å²) in [4.78, 5) is 18.4. The number of benzene rings is 1. The van der Waals surface area contributed by atoms with Gasteiger partial charge in [-0.1, -0.05) is 59.5 Å². The van der Waals surface area contributed by atoms with Crippen molar-refractivity contribution in [1.82, 2.24) is 15.2 Å². The zero-order valence-corrected chi connectivity index (χ0v) is 19.3. The van der Waals surface area contributed by atoms with E-state index in [1.807, 2.05) is 42.6 Å². The van der Waals surface area contributed by atoms with Gasteiger partial charge in [0.2, 0.25) is 11.0 Å². The van der Waals surface area contributed by atoms with Crippen molar-refractivity contribution < 1.29 is 4.79 Å². The molecule has 30 heavy (non-hydrogen) atoms. The van der Waals surface area contributed by atoms with Crippen molar-refractivity contribution in [3.05, 3.63) is 58.1 Å². The van der Waals surface area contributed by atoms with E-state index in [4.69, 9.17) is 0 Å². The molecule has 0 aliphatic heterocycles. The van der Waals surface area contributed by atoms with Gasteiger partial charge in [0, 0.05) is 22.4 Å². The zero-order chi connectivity index (χ0) is 20.8. The Hall–Kier alpha value is -2.27. The number of thiophene rings is 1. The van der Waals surface area contributed by atoms with Gasteiger partial charge in [0.1, 0.15) is 0 Å². The fraction of sp³-hybridized carbons (Fsp3) is 0.200. The van der Waals surface area contributed by atoms with E-state index < -0.39 is 0 Å². The molecule has 1 amide bonds. The van der Waals surface area contributed by atoms with Crippen molar-refractivity contribution in [3.8, 4) is 11.3 Å². The highest BCUT2D eigenvalue weighted by Crippen LogP contribution is 2.30. The van der Waals surface area contributed by atoms with E-state index in [-0.39, 0.29) is 11.2 Å². The molecular weight excluding hydrogens is 455 g/mol. The number of amides is 1. The van der Waals surface area contributed by atoms with E-state index in [1.54, 1.807) is 11.3 Å². The van der Waals surface area contributed by atoms with Gasteiger partial charge in [-0.25, -0.2) is 4.98 Å².